The van der Waals surface area contributed by atoms with Crippen molar-refractivity contribution in [2.24, 2.45) is 11.3 Å². The lowest BCUT2D eigenvalue weighted by molar-refractivity contribution is -0.142. The van der Waals surface area contributed by atoms with E-state index in [1.165, 1.54) is 10.7 Å². The standard InChI is InChI=1S/C24H37N3O4S/c1-24(2,3)23(29)27-16-14-18(15-17-27)22(28)25-19-10-12-21(13-11-19)32(30,31)26(4)20-8-6-5-7-9-20/h10-13,18,20H,5-9,14-17H2,1-4H3,(H,25,28). The number of piperidine rings is 1. The van der Waals surface area contributed by atoms with E-state index in [1.807, 2.05) is 25.7 Å². The minimum Gasteiger partial charge on any atom is -0.342 e. The summed E-state index contributed by atoms with van der Waals surface area (Å²) in [5, 5.41) is 2.91. The van der Waals surface area contributed by atoms with Gasteiger partial charge in [0.15, 0.2) is 0 Å². The molecule has 7 nitrogen and oxygen atoms in total. The largest absolute Gasteiger partial charge is 0.342 e. The van der Waals surface area contributed by atoms with Crippen LogP contribution in [0.2, 0.25) is 0 Å². The first kappa shape index (κ1) is 24.7. The third-order valence-electron chi connectivity index (χ3n) is 6.68. The number of anilines is 1. The van der Waals surface area contributed by atoms with E-state index in [0.29, 0.717) is 31.6 Å². The van der Waals surface area contributed by atoms with Crippen molar-refractivity contribution in [3.63, 3.8) is 0 Å². The SMILES string of the molecule is CN(C1CCCCC1)S(=O)(=O)c1ccc(NC(=O)C2CCN(C(=O)C(C)(C)C)CC2)cc1. The first-order valence-corrected chi connectivity index (χ1v) is 13.1. The highest BCUT2D eigenvalue weighted by Crippen LogP contribution is 2.28. The van der Waals surface area contributed by atoms with Gasteiger partial charge in [-0.15, -0.1) is 0 Å². The van der Waals surface area contributed by atoms with E-state index in [4.69, 9.17) is 0 Å². The van der Waals surface area contributed by atoms with E-state index < -0.39 is 15.4 Å². The minimum absolute atomic E-state index is 0.0594. The zero-order valence-corrected chi connectivity index (χ0v) is 20.6. The molecule has 0 radical (unpaired) electrons. The van der Waals surface area contributed by atoms with Crippen LogP contribution in [0.4, 0.5) is 5.69 Å². The van der Waals surface area contributed by atoms with Gasteiger partial charge in [-0.25, -0.2) is 8.42 Å². The topological polar surface area (TPSA) is 86.8 Å². The first-order valence-electron chi connectivity index (χ1n) is 11.7. The van der Waals surface area contributed by atoms with Crippen LogP contribution in [0.3, 0.4) is 0 Å². The summed E-state index contributed by atoms with van der Waals surface area (Å²) in [6, 6.07) is 6.49. The summed E-state index contributed by atoms with van der Waals surface area (Å²) in [5.41, 5.74) is 0.171. The second-order valence-electron chi connectivity index (χ2n) is 10.1. The Morgan fingerprint density at radius 1 is 0.969 bits per heavy atom. The second-order valence-corrected chi connectivity index (χ2v) is 12.1. The molecule has 1 N–H and O–H groups in total. The Balaban J connectivity index is 1.56. The van der Waals surface area contributed by atoms with E-state index in [2.05, 4.69) is 5.32 Å². The summed E-state index contributed by atoms with van der Waals surface area (Å²) in [7, 11) is -1.88. The molecule has 3 rings (SSSR count). The molecule has 32 heavy (non-hydrogen) atoms. The number of nitrogens with one attached hydrogen (secondary N) is 1. The van der Waals surface area contributed by atoms with Crippen molar-refractivity contribution in [2.75, 3.05) is 25.5 Å². The highest BCUT2D eigenvalue weighted by Gasteiger charge is 2.33. The minimum atomic E-state index is -3.55. The van der Waals surface area contributed by atoms with Gasteiger partial charge in [0.1, 0.15) is 0 Å². The van der Waals surface area contributed by atoms with Crippen LogP contribution in [-0.2, 0) is 19.6 Å². The lowest BCUT2D eigenvalue weighted by Crippen LogP contribution is -2.45. The monoisotopic (exact) mass is 463 g/mol. The first-order chi connectivity index (χ1) is 15.0. The van der Waals surface area contributed by atoms with Gasteiger partial charge in [0.05, 0.1) is 4.90 Å². The van der Waals surface area contributed by atoms with Crippen LogP contribution in [0, 0.1) is 11.3 Å². The maximum atomic E-state index is 13.0. The van der Waals surface area contributed by atoms with Crippen molar-refractivity contribution in [2.45, 2.75) is 76.7 Å². The number of likely N-dealkylation sites (tertiary alicyclic amines) is 1. The molecule has 2 aliphatic rings. The summed E-state index contributed by atoms with van der Waals surface area (Å²) in [6.45, 7) is 6.89. The summed E-state index contributed by atoms with van der Waals surface area (Å²) in [6.07, 6.45) is 6.38. The van der Waals surface area contributed by atoms with Crippen LogP contribution in [0.25, 0.3) is 0 Å². The molecule has 178 valence electrons. The van der Waals surface area contributed by atoms with E-state index in [0.717, 1.165) is 25.7 Å². The van der Waals surface area contributed by atoms with E-state index in [1.54, 1.807) is 31.3 Å². The molecule has 0 unspecified atom stereocenters. The van der Waals surface area contributed by atoms with Crippen molar-refractivity contribution in [3.8, 4) is 0 Å². The zero-order chi connectivity index (χ0) is 23.5. The highest BCUT2D eigenvalue weighted by atomic mass is 32.2. The Hall–Kier alpha value is -1.93. The average Bonchev–Trinajstić information content (AvgIpc) is 2.78. The van der Waals surface area contributed by atoms with Gasteiger partial charge in [-0.2, -0.15) is 4.31 Å². The van der Waals surface area contributed by atoms with Crippen LogP contribution in [0.1, 0.15) is 65.7 Å². The summed E-state index contributed by atoms with van der Waals surface area (Å²) >= 11 is 0. The van der Waals surface area contributed by atoms with Crippen LogP contribution in [0.15, 0.2) is 29.2 Å². The highest BCUT2D eigenvalue weighted by molar-refractivity contribution is 7.89. The summed E-state index contributed by atoms with van der Waals surface area (Å²) < 4.78 is 27.5. The Morgan fingerprint density at radius 2 is 1.53 bits per heavy atom. The predicted octanol–water partition coefficient (Wildman–Crippen LogP) is 3.86. The lowest BCUT2D eigenvalue weighted by Gasteiger charge is -2.35. The predicted molar refractivity (Wildman–Crippen MR) is 126 cm³/mol. The molecule has 1 aromatic rings. The normalized spacial score (nSPS) is 19.2. The fourth-order valence-electron chi connectivity index (χ4n) is 4.58. The van der Waals surface area contributed by atoms with Gasteiger partial charge in [-0.3, -0.25) is 9.59 Å². The molecule has 1 aliphatic heterocycles. The van der Waals surface area contributed by atoms with Gasteiger partial charge >= 0.3 is 0 Å². The molecular weight excluding hydrogens is 426 g/mol. The van der Waals surface area contributed by atoms with Gasteiger partial charge in [0, 0.05) is 43.2 Å². The van der Waals surface area contributed by atoms with Gasteiger partial charge < -0.3 is 10.2 Å². The number of carbonyl (C=O) groups is 2. The number of carbonyl (C=O) groups excluding carboxylic acids is 2. The second kappa shape index (κ2) is 9.91. The van der Waals surface area contributed by atoms with Crippen molar-refractivity contribution >= 4 is 27.5 Å². The van der Waals surface area contributed by atoms with Crippen molar-refractivity contribution in [1.29, 1.82) is 0 Å². The zero-order valence-electron chi connectivity index (χ0n) is 19.8. The Morgan fingerprint density at radius 3 is 2.06 bits per heavy atom. The molecule has 2 amide bonds. The van der Waals surface area contributed by atoms with Gasteiger partial charge in [0.25, 0.3) is 0 Å². The smallest absolute Gasteiger partial charge is 0.243 e. The van der Waals surface area contributed by atoms with Crippen LogP contribution >= 0.6 is 0 Å². The number of benzene rings is 1. The van der Waals surface area contributed by atoms with Crippen molar-refractivity contribution in [3.05, 3.63) is 24.3 Å². The van der Waals surface area contributed by atoms with E-state index in [9.17, 15) is 18.0 Å². The van der Waals surface area contributed by atoms with E-state index >= 15 is 0 Å². The van der Waals surface area contributed by atoms with Crippen LogP contribution in [0.5, 0.6) is 0 Å². The third kappa shape index (κ3) is 5.70. The molecule has 1 aromatic carbocycles. The third-order valence-corrected chi connectivity index (χ3v) is 8.61. The number of rotatable bonds is 5. The summed E-state index contributed by atoms with van der Waals surface area (Å²) in [4.78, 5) is 27.2. The van der Waals surface area contributed by atoms with Gasteiger partial charge in [-0.1, -0.05) is 40.0 Å². The summed E-state index contributed by atoms with van der Waals surface area (Å²) in [5.74, 6) is -0.117. The van der Waals surface area contributed by atoms with Gasteiger partial charge in [-0.05, 0) is 49.9 Å². The number of hydrogen-bond acceptors (Lipinski definition) is 4. The molecular formula is C24H37N3O4S. The number of nitrogens with zero attached hydrogens (tertiary/aromatic N) is 2. The molecule has 1 saturated heterocycles. The average molecular weight is 464 g/mol. The lowest BCUT2D eigenvalue weighted by atomic mass is 9.90. The Kier molecular flexibility index (Phi) is 7.65. The van der Waals surface area contributed by atoms with Crippen molar-refractivity contribution in [1.82, 2.24) is 9.21 Å². The molecule has 0 atom stereocenters. The molecule has 0 aromatic heterocycles. The fourth-order valence-corrected chi connectivity index (χ4v) is 6.00. The maximum absolute atomic E-state index is 13.0. The molecule has 1 saturated carbocycles. The Bertz CT molecular complexity index is 908. The van der Waals surface area contributed by atoms with Crippen molar-refractivity contribution < 1.29 is 18.0 Å². The van der Waals surface area contributed by atoms with Crippen LogP contribution < -0.4 is 5.32 Å². The molecule has 8 heteroatoms. The quantitative estimate of drug-likeness (QED) is 0.718. The molecule has 0 bridgehead atoms. The Labute approximate surface area is 192 Å². The van der Waals surface area contributed by atoms with Crippen LogP contribution in [-0.4, -0.2) is 55.6 Å². The van der Waals surface area contributed by atoms with Gasteiger partial charge in [0.2, 0.25) is 21.8 Å². The van der Waals surface area contributed by atoms with E-state index in [-0.39, 0.29) is 28.7 Å². The fraction of sp³-hybridized carbons (Fsp3) is 0.667. The maximum Gasteiger partial charge on any atom is 0.243 e. The molecule has 0 spiro atoms. The molecule has 2 fully saturated rings. The molecule has 1 aliphatic carbocycles. The molecule has 1 heterocycles. The number of hydrogen-bond donors (Lipinski definition) is 1. The number of amides is 2. The number of sulfonamides is 1.